The van der Waals surface area contributed by atoms with Crippen molar-refractivity contribution in [1.82, 2.24) is 0 Å². The number of carbonyl (C=O) groups is 4. The van der Waals surface area contributed by atoms with E-state index in [1.165, 1.54) is 56.5 Å². The van der Waals surface area contributed by atoms with E-state index in [0.717, 1.165) is 0 Å². The van der Waals surface area contributed by atoms with Crippen molar-refractivity contribution in [2.24, 2.45) is 0 Å². The van der Waals surface area contributed by atoms with Crippen LogP contribution in [0.5, 0.6) is 5.75 Å². The standard InChI is InChI=1S/C18H16N2O6/c1-11(22)26-16-5-3-12(4-6-16)17(23)20-15-8-13(18(24)25-2)7-14(9-15)19-10-21/h3-10H,1-2H3,(H,19,21)(H,20,23). The molecular weight excluding hydrogens is 340 g/mol. The van der Waals surface area contributed by atoms with Gasteiger partial charge in [-0.1, -0.05) is 0 Å². The van der Waals surface area contributed by atoms with Gasteiger partial charge in [-0.2, -0.15) is 0 Å². The largest absolute Gasteiger partial charge is 0.465 e. The van der Waals surface area contributed by atoms with Gasteiger partial charge in [0.1, 0.15) is 5.75 Å². The number of hydrogen-bond donors (Lipinski definition) is 2. The summed E-state index contributed by atoms with van der Waals surface area (Å²) >= 11 is 0. The number of anilines is 2. The van der Waals surface area contributed by atoms with Gasteiger partial charge in [0, 0.05) is 23.9 Å². The highest BCUT2D eigenvalue weighted by Crippen LogP contribution is 2.21. The summed E-state index contributed by atoms with van der Waals surface area (Å²) in [6.07, 6.45) is 0.454. The second kappa shape index (κ2) is 8.43. The van der Waals surface area contributed by atoms with E-state index < -0.39 is 17.8 Å². The maximum absolute atomic E-state index is 12.3. The van der Waals surface area contributed by atoms with Crippen molar-refractivity contribution in [2.45, 2.75) is 6.92 Å². The fourth-order valence-corrected chi connectivity index (χ4v) is 2.13. The van der Waals surface area contributed by atoms with Gasteiger partial charge in [0.15, 0.2) is 0 Å². The number of rotatable bonds is 6. The summed E-state index contributed by atoms with van der Waals surface area (Å²) in [6.45, 7) is 1.28. The molecule has 0 fully saturated rings. The Bertz CT molecular complexity index is 845. The van der Waals surface area contributed by atoms with Crippen LogP contribution in [0.4, 0.5) is 11.4 Å². The molecule has 2 aromatic rings. The van der Waals surface area contributed by atoms with Gasteiger partial charge in [-0.25, -0.2) is 4.79 Å². The van der Waals surface area contributed by atoms with E-state index >= 15 is 0 Å². The van der Waals surface area contributed by atoms with Crippen LogP contribution in [0.1, 0.15) is 27.6 Å². The molecule has 2 rings (SSSR count). The van der Waals surface area contributed by atoms with Crippen molar-refractivity contribution in [3.63, 3.8) is 0 Å². The Labute approximate surface area is 149 Å². The highest BCUT2D eigenvalue weighted by Gasteiger charge is 2.12. The molecule has 8 nitrogen and oxygen atoms in total. The fraction of sp³-hybridized carbons (Fsp3) is 0.111. The third kappa shape index (κ3) is 4.91. The van der Waals surface area contributed by atoms with E-state index in [1.54, 1.807) is 0 Å². The van der Waals surface area contributed by atoms with E-state index in [4.69, 9.17) is 4.74 Å². The van der Waals surface area contributed by atoms with Crippen LogP contribution in [0.15, 0.2) is 42.5 Å². The average molecular weight is 356 g/mol. The topological polar surface area (TPSA) is 111 Å². The summed E-state index contributed by atoms with van der Waals surface area (Å²) in [5.74, 6) is -1.20. The van der Waals surface area contributed by atoms with Crippen LogP contribution in [0.25, 0.3) is 0 Å². The Morgan fingerprint density at radius 2 is 1.62 bits per heavy atom. The molecule has 0 bridgehead atoms. The number of hydrogen-bond acceptors (Lipinski definition) is 6. The van der Waals surface area contributed by atoms with Gasteiger partial charge in [-0.15, -0.1) is 0 Å². The third-order valence-corrected chi connectivity index (χ3v) is 3.22. The Balaban J connectivity index is 2.21. The zero-order valence-electron chi connectivity index (χ0n) is 14.1. The molecule has 0 saturated heterocycles. The highest BCUT2D eigenvalue weighted by atomic mass is 16.5. The Kier molecular flexibility index (Phi) is 6.05. The molecule has 0 aromatic heterocycles. The molecule has 0 aliphatic carbocycles. The lowest BCUT2D eigenvalue weighted by Crippen LogP contribution is -2.13. The van der Waals surface area contributed by atoms with Gasteiger partial charge in [-0.05, 0) is 42.5 Å². The molecule has 0 radical (unpaired) electrons. The zero-order chi connectivity index (χ0) is 19.1. The maximum atomic E-state index is 12.3. The average Bonchev–Trinajstić information content (AvgIpc) is 2.61. The molecular formula is C18H16N2O6. The molecule has 0 heterocycles. The monoisotopic (exact) mass is 356 g/mol. The van der Waals surface area contributed by atoms with Crippen LogP contribution in [-0.4, -0.2) is 31.4 Å². The number of esters is 2. The molecule has 8 heteroatoms. The minimum absolute atomic E-state index is 0.167. The van der Waals surface area contributed by atoms with Gasteiger partial charge in [0.25, 0.3) is 5.91 Å². The summed E-state index contributed by atoms with van der Waals surface area (Å²) < 4.78 is 9.55. The van der Waals surface area contributed by atoms with Crippen LogP contribution in [0.2, 0.25) is 0 Å². The van der Waals surface area contributed by atoms with E-state index in [2.05, 4.69) is 15.4 Å². The molecule has 26 heavy (non-hydrogen) atoms. The molecule has 0 spiro atoms. The summed E-state index contributed by atoms with van der Waals surface area (Å²) in [4.78, 5) is 45.6. The van der Waals surface area contributed by atoms with Gasteiger partial charge in [0.2, 0.25) is 6.41 Å². The van der Waals surface area contributed by atoms with Gasteiger partial charge < -0.3 is 20.1 Å². The zero-order valence-corrected chi connectivity index (χ0v) is 14.1. The summed E-state index contributed by atoms with van der Waals surface area (Å²) in [7, 11) is 1.23. The number of carbonyl (C=O) groups excluding carboxylic acids is 4. The highest BCUT2D eigenvalue weighted by molar-refractivity contribution is 6.05. The molecule has 0 unspecified atom stereocenters. The van der Waals surface area contributed by atoms with Crippen LogP contribution in [0.3, 0.4) is 0 Å². The van der Waals surface area contributed by atoms with Crippen molar-refractivity contribution in [2.75, 3.05) is 17.7 Å². The number of benzene rings is 2. The van der Waals surface area contributed by atoms with Crippen LogP contribution in [0, 0.1) is 0 Å². The van der Waals surface area contributed by atoms with Crippen LogP contribution in [-0.2, 0) is 14.3 Å². The molecule has 0 aliphatic heterocycles. The van der Waals surface area contributed by atoms with Crippen molar-refractivity contribution < 1.29 is 28.7 Å². The Morgan fingerprint density at radius 1 is 0.962 bits per heavy atom. The number of methoxy groups -OCH3 is 1. The van der Waals surface area contributed by atoms with Crippen molar-refractivity contribution in [1.29, 1.82) is 0 Å². The minimum atomic E-state index is -0.610. The van der Waals surface area contributed by atoms with Gasteiger partial charge in [-0.3, -0.25) is 14.4 Å². The maximum Gasteiger partial charge on any atom is 0.337 e. The molecule has 0 saturated carbocycles. The molecule has 2 aromatic carbocycles. The lowest BCUT2D eigenvalue weighted by molar-refractivity contribution is -0.131. The van der Waals surface area contributed by atoms with Crippen LogP contribution >= 0.6 is 0 Å². The minimum Gasteiger partial charge on any atom is -0.465 e. The molecule has 134 valence electrons. The smallest absolute Gasteiger partial charge is 0.337 e. The van der Waals surface area contributed by atoms with Crippen LogP contribution < -0.4 is 15.4 Å². The number of ether oxygens (including phenoxy) is 2. The first-order chi connectivity index (χ1) is 12.4. The normalized spacial score (nSPS) is 9.77. The van der Waals surface area contributed by atoms with E-state index in [-0.39, 0.29) is 5.56 Å². The predicted octanol–water partition coefficient (Wildman–Crippen LogP) is 2.22. The lowest BCUT2D eigenvalue weighted by atomic mass is 10.1. The number of amides is 2. The van der Waals surface area contributed by atoms with Gasteiger partial charge >= 0.3 is 11.9 Å². The predicted molar refractivity (Wildman–Crippen MR) is 93.2 cm³/mol. The van der Waals surface area contributed by atoms with Crippen molar-refractivity contribution in [3.8, 4) is 5.75 Å². The Morgan fingerprint density at radius 3 is 2.19 bits per heavy atom. The summed E-state index contributed by atoms with van der Waals surface area (Å²) in [5, 5.41) is 5.04. The van der Waals surface area contributed by atoms with Gasteiger partial charge in [0.05, 0.1) is 12.7 Å². The quantitative estimate of drug-likeness (QED) is 0.466. The molecule has 0 aliphatic rings. The summed E-state index contributed by atoms with van der Waals surface area (Å²) in [6, 6.07) is 10.3. The molecule has 0 atom stereocenters. The first-order valence-corrected chi connectivity index (χ1v) is 7.46. The third-order valence-electron chi connectivity index (χ3n) is 3.22. The van der Waals surface area contributed by atoms with E-state index in [9.17, 15) is 19.2 Å². The Hall–Kier alpha value is -3.68. The van der Waals surface area contributed by atoms with E-state index in [0.29, 0.717) is 29.1 Å². The number of nitrogens with one attached hydrogen (secondary N) is 2. The summed E-state index contributed by atoms with van der Waals surface area (Å²) in [5.41, 5.74) is 1.10. The second-order valence-electron chi connectivity index (χ2n) is 5.12. The van der Waals surface area contributed by atoms with E-state index in [1.807, 2.05) is 0 Å². The second-order valence-corrected chi connectivity index (χ2v) is 5.12. The first kappa shape index (κ1) is 18.7. The molecule has 2 N–H and O–H groups in total. The molecule has 2 amide bonds. The fourth-order valence-electron chi connectivity index (χ4n) is 2.13. The lowest BCUT2D eigenvalue weighted by Gasteiger charge is -2.10. The van der Waals surface area contributed by atoms with Crippen molar-refractivity contribution >= 4 is 35.6 Å². The van der Waals surface area contributed by atoms with Crippen molar-refractivity contribution in [3.05, 3.63) is 53.6 Å². The first-order valence-electron chi connectivity index (χ1n) is 7.46. The SMILES string of the molecule is COC(=O)c1cc(NC=O)cc(NC(=O)c2ccc(OC(C)=O)cc2)c1.